The molecule has 3 aromatic rings. The predicted octanol–water partition coefficient (Wildman–Crippen LogP) is 3.70. The Balaban J connectivity index is 1.23. The normalized spacial score (nSPS) is 23.6. The van der Waals surface area contributed by atoms with E-state index in [-0.39, 0.29) is 24.2 Å². The second-order valence-corrected chi connectivity index (χ2v) is 8.75. The standard InChI is InChI=1S/C25H24F2N4O2/c26-25(27)14-29-9-7-22(25)31-23(32)17-3-1-2-16(10-17)20-12-21(20)24(33)30-19-5-4-18-13-28-8-6-15(18)11-19/h1-6,8,10-11,13,20-22,29H,7,9,12,14H2,(H,30,33)(H,31,32)/t20-,21+,22?/m0/s1. The van der Waals surface area contributed by atoms with Crippen molar-refractivity contribution >= 4 is 28.3 Å². The third-order valence-electron chi connectivity index (χ3n) is 6.40. The van der Waals surface area contributed by atoms with Crippen LogP contribution in [0.2, 0.25) is 0 Å². The number of hydrogen-bond donors (Lipinski definition) is 3. The first-order chi connectivity index (χ1) is 15.9. The molecule has 3 atom stereocenters. The number of aromatic nitrogens is 1. The monoisotopic (exact) mass is 450 g/mol. The van der Waals surface area contributed by atoms with Crippen LogP contribution in [0.4, 0.5) is 14.5 Å². The number of carbonyl (C=O) groups excluding carboxylic acids is 2. The maximum Gasteiger partial charge on any atom is 0.280 e. The zero-order chi connectivity index (χ0) is 23.0. The number of nitrogens with one attached hydrogen (secondary N) is 3. The fraction of sp³-hybridized carbons (Fsp3) is 0.320. The summed E-state index contributed by atoms with van der Waals surface area (Å²) in [4.78, 5) is 29.5. The number of piperidine rings is 1. The second-order valence-electron chi connectivity index (χ2n) is 8.75. The van der Waals surface area contributed by atoms with Gasteiger partial charge >= 0.3 is 0 Å². The van der Waals surface area contributed by atoms with Gasteiger partial charge in [-0.15, -0.1) is 0 Å². The lowest BCUT2D eigenvalue weighted by molar-refractivity contribution is -0.117. The molecule has 6 nitrogen and oxygen atoms in total. The maximum absolute atomic E-state index is 14.0. The summed E-state index contributed by atoms with van der Waals surface area (Å²) in [5.41, 5.74) is 1.92. The Morgan fingerprint density at radius 1 is 1.09 bits per heavy atom. The van der Waals surface area contributed by atoms with Crippen molar-refractivity contribution in [3.05, 3.63) is 72.1 Å². The number of anilines is 1. The highest BCUT2D eigenvalue weighted by Gasteiger charge is 2.45. The van der Waals surface area contributed by atoms with Crippen LogP contribution in [-0.4, -0.2) is 41.9 Å². The van der Waals surface area contributed by atoms with Gasteiger partial charge in [-0.25, -0.2) is 8.78 Å². The maximum atomic E-state index is 14.0. The van der Waals surface area contributed by atoms with E-state index in [1.807, 2.05) is 30.3 Å². The lowest BCUT2D eigenvalue weighted by Crippen LogP contribution is -2.57. The largest absolute Gasteiger partial charge is 0.343 e. The van der Waals surface area contributed by atoms with Crippen molar-refractivity contribution in [1.29, 1.82) is 0 Å². The van der Waals surface area contributed by atoms with Crippen LogP contribution in [0.5, 0.6) is 0 Å². The van der Waals surface area contributed by atoms with Crippen LogP contribution >= 0.6 is 0 Å². The van der Waals surface area contributed by atoms with E-state index in [9.17, 15) is 18.4 Å². The van der Waals surface area contributed by atoms with E-state index in [4.69, 9.17) is 0 Å². The highest BCUT2D eigenvalue weighted by molar-refractivity contribution is 5.98. The molecule has 0 spiro atoms. The molecule has 1 unspecified atom stereocenters. The van der Waals surface area contributed by atoms with Crippen molar-refractivity contribution in [3.8, 4) is 0 Å². The molecule has 2 heterocycles. The van der Waals surface area contributed by atoms with E-state index in [1.165, 1.54) is 0 Å². The molecule has 1 saturated heterocycles. The Morgan fingerprint density at radius 2 is 1.97 bits per heavy atom. The van der Waals surface area contributed by atoms with Gasteiger partial charge in [-0.3, -0.25) is 14.6 Å². The molecule has 2 amide bonds. The van der Waals surface area contributed by atoms with Crippen LogP contribution in [0.1, 0.15) is 34.7 Å². The van der Waals surface area contributed by atoms with E-state index in [0.717, 1.165) is 22.0 Å². The molecule has 1 aromatic heterocycles. The molecule has 8 heteroatoms. The minimum absolute atomic E-state index is 0.00253. The van der Waals surface area contributed by atoms with Gasteiger partial charge in [0, 0.05) is 34.9 Å². The molecular weight excluding hydrogens is 426 g/mol. The SMILES string of the molecule is O=C(NC1CCNCC1(F)F)c1cccc([C@@H]2C[C@H]2C(=O)Nc2ccc3cnccc3c2)c1. The molecule has 0 radical (unpaired) electrons. The molecule has 2 aromatic carbocycles. The molecule has 170 valence electrons. The van der Waals surface area contributed by atoms with Crippen LogP contribution in [0, 0.1) is 5.92 Å². The Hall–Kier alpha value is -3.39. The van der Waals surface area contributed by atoms with E-state index in [2.05, 4.69) is 20.9 Å². The van der Waals surface area contributed by atoms with Gasteiger partial charge in [0.05, 0.1) is 12.6 Å². The number of amides is 2. The number of benzene rings is 2. The van der Waals surface area contributed by atoms with Gasteiger partial charge in [-0.2, -0.15) is 0 Å². The van der Waals surface area contributed by atoms with Gasteiger partial charge < -0.3 is 16.0 Å². The van der Waals surface area contributed by atoms with E-state index >= 15 is 0 Å². The highest BCUT2D eigenvalue weighted by Crippen LogP contribution is 2.48. The fourth-order valence-corrected chi connectivity index (χ4v) is 4.41. The first-order valence-corrected chi connectivity index (χ1v) is 11.0. The summed E-state index contributed by atoms with van der Waals surface area (Å²) in [6.07, 6.45) is 4.34. The van der Waals surface area contributed by atoms with Crippen LogP contribution in [0.15, 0.2) is 60.9 Å². The quantitative estimate of drug-likeness (QED) is 0.554. The Labute approximate surface area is 189 Å². The molecule has 1 aliphatic carbocycles. The molecule has 1 aliphatic heterocycles. The summed E-state index contributed by atoms with van der Waals surface area (Å²) in [6, 6.07) is 13.3. The minimum Gasteiger partial charge on any atom is -0.343 e. The lowest BCUT2D eigenvalue weighted by atomic mass is 10.0. The summed E-state index contributed by atoms with van der Waals surface area (Å²) in [7, 11) is 0. The van der Waals surface area contributed by atoms with Gasteiger partial charge in [0.1, 0.15) is 0 Å². The Kier molecular flexibility index (Phi) is 5.54. The van der Waals surface area contributed by atoms with Crippen molar-refractivity contribution < 1.29 is 18.4 Å². The highest BCUT2D eigenvalue weighted by atomic mass is 19.3. The minimum atomic E-state index is -2.98. The first-order valence-electron chi connectivity index (χ1n) is 11.0. The predicted molar refractivity (Wildman–Crippen MR) is 121 cm³/mol. The number of carbonyl (C=O) groups is 2. The van der Waals surface area contributed by atoms with E-state index < -0.39 is 24.4 Å². The average molecular weight is 450 g/mol. The summed E-state index contributed by atoms with van der Waals surface area (Å²) < 4.78 is 28.1. The molecule has 2 fully saturated rings. The van der Waals surface area contributed by atoms with Crippen molar-refractivity contribution in [1.82, 2.24) is 15.6 Å². The number of pyridine rings is 1. The number of hydrogen-bond acceptors (Lipinski definition) is 4. The number of halogens is 2. The third kappa shape index (κ3) is 4.57. The molecular formula is C25H24F2N4O2. The topological polar surface area (TPSA) is 83.1 Å². The first kappa shape index (κ1) is 21.5. The summed E-state index contributed by atoms with van der Waals surface area (Å²) in [5.74, 6) is -3.76. The van der Waals surface area contributed by atoms with Gasteiger partial charge in [-0.1, -0.05) is 18.2 Å². The molecule has 3 N–H and O–H groups in total. The number of rotatable bonds is 5. The van der Waals surface area contributed by atoms with Gasteiger partial charge in [-0.05, 0) is 66.6 Å². The summed E-state index contributed by atoms with van der Waals surface area (Å²) in [5, 5.41) is 10.1. The number of nitrogens with zero attached hydrogens (tertiary/aromatic N) is 1. The zero-order valence-corrected chi connectivity index (χ0v) is 17.9. The van der Waals surface area contributed by atoms with Crippen LogP contribution in [-0.2, 0) is 4.79 Å². The lowest BCUT2D eigenvalue weighted by Gasteiger charge is -2.32. The Morgan fingerprint density at radius 3 is 2.82 bits per heavy atom. The van der Waals surface area contributed by atoms with Crippen LogP contribution in [0.25, 0.3) is 10.8 Å². The van der Waals surface area contributed by atoms with E-state index in [0.29, 0.717) is 18.5 Å². The third-order valence-corrected chi connectivity index (χ3v) is 6.40. The molecule has 2 aliphatic rings. The summed E-state index contributed by atoms with van der Waals surface area (Å²) >= 11 is 0. The van der Waals surface area contributed by atoms with Crippen molar-refractivity contribution in [2.24, 2.45) is 5.92 Å². The van der Waals surface area contributed by atoms with Crippen molar-refractivity contribution in [2.75, 3.05) is 18.4 Å². The fourth-order valence-electron chi connectivity index (χ4n) is 4.41. The second kappa shape index (κ2) is 8.51. The van der Waals surface area contributed by atoms with Crippen LogP contribution < -0.4 is 16.0 Å². The molecule has 0 bridgehead atoms. The molecule has 5 rings (SSSR count). The number of fused-ring (bicyclic) bond motifs is 1. The van der Waals surface area contributed by atoms with Gasteiger partial charge in [0.15, 0.2) is 0 Å². The van der Waals surface area contributed by atoms with E-state index in [1.54, 1.807) is 30.6 Å². The number of alkyl halides is 2. The van der Waals surface area contributed by atoms with Crippen molar-refractivity contribution in [2.45, 2.75) is 30.7 Å². The van der Waals surface area contributed by atoms with Crippen LogP contribution in [0.3, 0.4) is 0 Å². The van der Waals surface area contributed by atoms with Gasteiger partial charge in [0.25, 0.3) is 11.8 Å². The average Bonchev–Trinajstić information content (AvgIpc) is 3.62. The van der Waals surface area contributed by atoms with Crippen molar-refractivity contribution in [3.63, 3.8) is 0 Å². The molecule has 1 saturated carbocycles. The zero-order valence-electron chi connectivity index (χ0n) is 17.9. The molecule has 33 heavy (non-hydrogen) atoms. The van der Waals surface area contributed by atoms with Gasteiger partial charge in [0.2, 0.25) is 5.91 Å². The smallest absolute Gasteiger partial charge is 0.280 e. The summed E-state index contributed by atoms with van der Waals surface area (Å²) in [6.45, 7) is -0.00150. The Bertz CT molecular complexity index is 1220.